The number of quaternary nitrogens is 1. The summed E-state index contributed by atoms with van der Waals surface area (Å²) < 4.78 is 66.0. The van der Waals surface area contributed by atoms with E-state index in [0.29, 0.717) is 22.5 Å². The van der Waals surface area contributed by atoms with Crippen molar-refractivity contribution in [1.29, 1.82) is 0 Å². The number of hydrogen-bond acceptors (Lipinski definition) is 5. The smallest absolute Gasteiger partial charge is 0.412 e. The summed E-state index contributed by atoms with van der Waals surface area (Å²) >= 11 is 0. The Balaban J connectivity index is 1.83. The first kappa shape index (κ1) is 27.0. The molecule has 0 aromatic carbocycles. The van der Waals surface area contributed by atoms with Gasteiger partial charge in [0.15, 0.2) is 11.4 Å². The molecule has 1 atom stereocenters. The van der Waals surface area contributed by atoms with Crippen LogP contribution < -0.4 is 15.9 Å². The maximum atomic E-state index is 13.5. The SMILES string of the molecule is Cc1[nH]c(N[NH+]([O-])c2cc(CNC(=O)C(C)C)cnc2C(F)F)nc1C1=CC=C(C(F)(F)F)CC=C1. The van der Waals surface area contributed by atoms with E-state index >= 15 is 0 Å². The summed E-state index contributed by atoms with van der Waals surface area (Å²) in [5.74, 6) is -0.618. The molecular weight excluding hydrogens is 487 g/mol. The number of imidazole rings is 1. The van der Waals surface area contributed by atoms with Gasteiger partial charge < -0.3 is 15.5 Å². The zero-order valence-corrected chi connectivity index (χ0v) is 19.6. The van der Waals surface area contributed by atoms with Crippen LogP contribution in [0.3, 0.4) is 0 Å². The maximum Gasteiger partial charge on any atom is 0.412 e. The highest BCUT2D eigenvalue weighted by Gasteiger charge is 2.32. The van der Waals surface area contributed by atoms with Crippen molar-refractivity contribution in [1.82, 2.24) is 20.3 Å². The number of H-pyrrole nitrogens is 1. The van der Waals surface area contributed by atoms with Crippen molar-refractivity contribution in [2.45, 2.75) is 46.3 Å². The molecule has 0 spiro atoms. The molecule has 0 saturated heterocycles. The second-order valence-electron chi connectivity index (χ2n) is 8.38. The number of aromatic amines is 1. The number of pyridine rings is 1. The average molecular weight is 512 g/mol. The molecule has 36 heavy (non-hydrogen) atoms. The molecule has 0 saturated carbocycles. The number of amides is 1. The molecule has 13 heteroatoms. The van der Waals surface area contributed by atoms with Crippen LogP contribution in [0.25, 0.3) is 5.57 Å². The van der Waals surface area contributed by atoms with E-state index in [0.717, 1.165) is 12.3 Å². The van der Waals surface area contributed by atoms with Crippen LogP contribution in [0.4, 0.5) is 33.6 Å². The molecule has 0 aliphatic heterocycles. The number of carbonyl (C=O) groups excluding carboxylic acids is 1. The summed E-state index contributed by atoms with van der Waals surface area (Å²) in [7, 11) is 0. The minimum absolute atomic E-state index is 0.00819. The quantitative estimate of drug-likeness (QED) is 0.313. The fourth-order valence-corrected chi connectivity index (χ4v) is 3.33. The highest BCUT2D eigenvalue weighted by molar-refractivity contribution is 5.78. The van der Waals surface area contributed by atoms with Crippen molar-refractivity contribution < 1.29 is 31.9 Å². The van der Waals surface area contributed by atoms with Gasteiger partial charge in [-0.25, -0.2) is 23.9 Å². The van der Waals surface area contributed by atoms with E-state index in [9.17, 15) is 32.0 Å². The Morgan fingerprint density at radius 3 is 2.64 bits per heavy atom. The van der Waals surface area contributed by atoms with Crippen LogP contribution in [0, 0.1) is 18.0 Å². The Bertz CT molecular complexity index is 1200. The monoisotopic (exact) mass is 512 g/mol. The fraction of sp³-hybridized carbons (Fsp3) is 0.348. The normalized spacial score (nSPS) is 15.0. The average Bonchev–Trinajstić information content (AvgIpc) is 2.99. The minimum atomic E-state index is -4.46. The molecule has 2 aromatic heterocycles. The molecule has 3 rings (SSSR count). The number of nitrogens with one attached hydrogen (secondary N) is 4. The Kier molecular flexibility index (Phi) is 8.25. The Labute approximate surface area is 203 Å². The summed E-state index contributed by atoms with van der Waals surface area (Å²) in [5, 5.41) is 14.6. The predicted molar refractivity (Wildman–Crippen MR) is 123 cm³/mol. The molecule has 1 unspecified atom stereocenters. The van der Waals surface area contributed by atoms with Gasteiger partial charge in [-0.05, 0) is 18.9 Å². The Morgan fingerprint density at radius 1 is 1.28 bits per heavy atom. The van der Waals surface area contributed by atoms with Gasteiger partial charge in [-0.2, -0.15) is 18.6 Å². The number of anilines is 1. The van der Waals surface area contributed by atoms with Crippen molar-refractivity contribution in [3.63, 3.8) is 0 Å². The number of allylic oxidation sites excluding steroid dienone is 6. The summed E-state index contributed by atoms with van der Waals surface area (Å²) in [6, 6.07) is 1.21. The van der Waals surface area contributed by atoms with E-state index in [1.54, 1.807) is 20.8 Å². The third kappa shape index (κ3) is 6.55. The number of aromatic nitrogens is 3. The number of hydrogen-bond donors (Lipinski definition) is 4. The first-order valence-corrected chi connectivity index (χ1v) is 10.9. The van der Waals surface area contributed by atoms with Crippen molar-refractivity contribution in [2.75, 3.05) is 5.43 Å². The molecular formula is C23H25F5N6O2. The van der Waals surface area contributed by atoms with Gasteiger partial charge in [0.2, 0.25) is 11.9 Å². The summed E-state index contributed by atoms with van der Waals surface area (Å²) in [4.78, 5) is 22.5. The van der Waals surface area contributed by atoms with Crippen LogP contribution in [0.1, 0.15) is 49.3 Å². The number of aryl methyl sites for hydroxylation is 1. The van der Waals surface area contributed by atoms with E-state index in [-0.39, 0.29) is 30.7 Å². The van der Waals surface area contributed by atoms with Crippen LogP contribution in [-0.4, -0.2) is 27.0 Å². The molecule has 2 heterocycles. The van der Waals surface area contributed by atoms with Crippen LogP contribution in [0.5, 0.6) is 0 Å². The number of nitrogens with zero attached hydrogens (tertiary/aromatic N) is 2. The molecule has 8 nitrogen and oxygen atoms in total. The second kappa shape index (κ2) is 11.0. The molecule has 1 aliphatic carbocycles. The lowest BCUT2D eigenvalue weighted by molar-refractivity contribution is -0.751. The van der Waals surface area contributed by atoms with Gasteiger partial charge >= 0.3 is 6.18 Å². The first-order valence-electron chi connectivity index (χ1n) is 10.9. The van der Waals surface area contributed by atoms with Gasteiger partial charge in [-0.15, -0.1) is 0 Å². The summed E-state index contributed by atoms with van der Waals surface area (Å²) in [6.45, 7) is 4.98. The Hall–Kier alpha value is -3.58. The van der Waals surface area contributed by atoms with E-state index in [4.69, 9.17) is 0 Å². The maximum absolute atomic E-state index is 13.5. The van der Waals surface area contributed by atoms with Gasteiger partial charge in [0.25, 0.3) is 6.43 Å². The highest BCUT2D eigenvalue weighted by atomic mass is 19.4. The number of halogens is 5. The van der Waals surface area contributed by atoms with E-state index in [1.807, 2.05) is 0 Å². The lowest BCUT2D eigenvalue weighted by atomic mass is 10.1. The van der Waals surface area contributed by atoms with E-state index < -0.39 is 34.7 Å². The van der Waals surface area contributed by atoms with Crippen molar-refractivity contribution >= 4 is 23.1 Å². The van der Waals surface area contributed by atoms with Crippen LogP contribution >= 0.6 is 0 Å². The molecule has 194 valence electrons. The van der Waals surface area contributed by atoms with Gasteiger partial charge in [0, 0.05) is 41.6 Å². The van der Waals surface area contributed by atoms with Gasteiger partial charge in [-0.1, -0.05) is 38.2 Å². The lowest BCUT2D eigenvalue weighted by Gasteiger charge is -2.23. The predicted octanol–water partition coefficient (Wildman–Crippen LogP) is 4.20. The molecule has 1 aliphatic rings. The highest BCUT2D eigenvalue weighted by Crippen LogP contribution is 2.32. The molecule has 4 N–H and O–H groups in total. The number of carbonyl (C=O) groups is 1. The third-order valence-corrected chi connectivity index (χ3v) is 5.27. The van der Waals surface area contributed by atoms with Crippen molar-refractivity contribution in [3.8, 4) is 0 Å². The molecule has 0 bridgehead atoms. The van der Waals surface area contributed by atoms with Crippen LogP contribution in [-0.2, 0) is 11.3 Å². The fourth-order valence-electron chi connectivity index (χ4n) is 3.33. The van der Waals surface area contributed by atoms with Gasteiger partial charge in [-0.3, -0.25) is 4.79 Å². The standard InChI is InChI=1S/C23H25F5N6O2/c1-12(2)21(35)30-11-14-9-17(19(20(24)25)29-10-14)34(36)33-22-31-13(3)18(32-22)15-5-4-6-16(8-7-15)23(26,27)28/h4-5,7-10,12,20,34H,6,11H2,1-3H3,(H,30,35)(H2,31,32,33). The molecule has 0 radical (unpaired) electrons. The first-order chi connectivity index (χ1) is 16.9. The zero-order valence-electron chi connectivity index (χ0n) is 19.6. The van der Waals surface area contributed by atoms with Crippen LogP contribution in [0.15, 0.2) is 42.1 Å². The molecule has 2 aromatic rings. The van der Waals surface area contributed by atoms with Gasteiger partial charge in [0.1, 0.15) is 0 Å². The largest absolute Gasteiger partial charge is 0.603 e. The van der Waals surface area contributed by atoms with Crippen molar-refractivity contribution in [2.24, 2.45) is 5.92 Å². The van der Waals surface area contributed by atoms with E-state index in [2.05, 4.69) is 25.7 Å². The van der Waals surface area contributed by atoms with Crippen LogP contribution in [0.2, 0.25) is 0 Å². The summed E-state index contributed by atoms with van der Waals surface area (Å²) in [6.07, 6.45) is -1.56. The van der Waals surface area contributed by atoms with Gasteiger partial charge in [0.05, 0.1) is 5.69 Å². The third-order valence-electron chi connectivity index (χ3n) is 5.27. The molecule has 0 fully saturated rings. The second-order valence-corrected chi connectivity index (χ2v) is 8.38. The van der Waals surface area contributed by atoms with Crippen molar-refractivity contribution in [3.05, 3.63) is 70.0 Å². The van der Waals surface area contributed by atoms with E-state index in [1.165, 1.54) is 24.3 Å². The summed E-state index contributed by atoms with van der Waals surface area (Å²) in [5.41, 5.74) is 2.00. The number of rotatable bonds is 8. The minimum Gasteiger partial charge on any atom is -0.603 e. The number of alkyl halides is 5. The molecule has 1 amide bonds. The zero-order chi connectivity index (χ0) is 26.6. The lowest BCUT2D eigenvalue weighted by Crippen LogP contribution is -3.06. The Morgan fingerprint density at radius 2 is 2.00 bits per heavy atom. The topological polar surface area (TPSA) is 110 Å².